The molecule has 19 heavy (non-hydrogen) atoms. The van der Waals surface area contributed by atoms with Crippen molar-refractivity contribution >= 4 is 17.4 Å². The summed E-state index contributed by atoms with van der Waals surface area (Å²) in [6.45, 7) is -3.11. The minimum atomic E-state index is -3.11. The molecule has 1 aromatic heterocycles. The molecular weight excluding hydrogens is 281 g/mol. The van der Waals surface area contributed by atoms with Crippen LogP contribution in [0.25, 0.3) is 0 Å². The van der Waals surface area contributed by atoms with Crippen LogP contribution in [-0.2, 0) is 7.05 Å². The second-order valence-electron chi connectivity index (χ2n) is 3.47. The average molecular weight is 290 g/mol. The predicted molar refractivity (Wildman–Crippen MR) is 62.6 cm³/mol. The first-order valence-electron chi connectivity index (χ1n) is 5.03. The molecule has 0 spiro atoms. The van der Waals surface area contributed by atoms with Crippen molar-refractivity contribution in [2.45, 2.75) is 16.7 Å². The summed E-state index contributed by atoms with van der Waals surface area (Å²) >= 11 is 1.07. The number of anilines is 1. The molecule has 0 aliphatic heterocycles. The van der Waals surface area contributed by atoms with Crippen molar-refractivity contribution in [1.82, 2.24) is 14.8 Å². The highest BCUT2D eigenvalue weighted by Gasteiger charge is 2.15. The number of ether oxygens (including phenoxy) is 1. The van der Waals surface area contributed by atoms with Crippen molar-refractivity contribution < 1.29 is 17.9 Å². The Balaban J connectivity index is 2.32. The Bertz CT molecular complexity index is 590. The van der Waals surface area contributed by atoms with E-state index in [1.165, 1.54) is 11.0 Å². The Labute approximate surface area is 110 Å². The third-order valence-corrected chi connectivity index (χ3v) is 3.28. The van der Waals surface area contributed by atoms with Gasteiger partial charge in [0.2, 0.25) is 0 Å². The van der Waals surface area contributed by atoms with Crippen molar-refractivity contribution in [1.29, 1.82) is 0 Å². The lowest BCUT2D eigenvalue weighted by molar-refractivity contribution is -0.0523. The lowest BCUT2D eigenvalue weighted by Crippen LogP contribution is -2.05. The zero-order valence-corrected chi connectivity index (χ0v) is 10.5. The smallest absolute Gasteiger partial charge is 0.387 e. The Hall–Kier alpha value is -1.90. The SMILES string of the molecule is Cn1ncnc1Sc1cc(OC(F)F)c(F)cc1N. The molecule has 0 radical (unpaired) electrons. The van der Waals surface area contributed by atoms with E-state index in [0.717, 1.165) is 23.9 Å². The van der Waals surface area contributed by atoms with E-state index < -0.39 is 18.2 Å². The molecule has 102 valence electrons. The Kier molecular flexibility index (Phi) is 3.84. The minimum Gasteiger partial charge on any atom is -0.432 e. The van der Waals surface area contributed by atoms with Crippen LogP contribution >= 0.6 is 11.8 Å². The van der Waals surface area contributed by atoms with E-state index in [1.807, 2.05) is 0 Å². The van der Waals surface area contributed by atoms with Gasteiger partial charge in [0.05, 0.1) is 0 Å². The molecule has 9 heteroatoms. The van der Waals surface area contributed by atoms with Gasteiger partial charge in [-0.05, 0) is 17.8 Å². The number of alkyl halides is 2. The van der Waals surface area contributed by atoms with E-state index in [2.05, 4.69) is 14.8 Å². The Morgan fingerprint density at radius 2 is 2.16 bits per heavy atom. The molecule has 0 bridgehead atoms. The first kappa shape index (κ1) is 13.5. The zero-order valence-electron chi connectivity index (χ0n) is 9.68. The number of halogens is 3. The van der Waals surface area contributed by atoms with Crippen LogP contribution in [0.1, 0.15) is 0 Å². The molecule has 2 rings (SSSR count). The summed E-state index contributed by atoms with van der Waals surface area (Å²) in [6.07, 6.45) is 1.33. The summed E-state index contributed by atoms with van der Waals surface area (Å²) in [4.78, 5) is 4.30. The van der Waals surface area contributed by atoms with Crippen LogP contribution in [0.15, 0.2) is 28.5 Å². The zero-order chi connectivity index (χ0) is 14.0. The van der Waals surface area contributed by atoms with Crippen LogP contribution in [0, 0.1) is 5.82 Å². The number of hydrogen-bond donors (Lipinski definition) is 1. The van der Waals surface area contributed by atoms with Crippen LogP contribution in [0.2, 0.25) is 0 Å². The third-order valence-electron chi connectivity index (χ3n) is 2.15. The molecule has 0 aliphatic carbocycles. The normalized spacial score (nSPS) is 11.0. The van der Waals surface area contributed by atoms with E-state index in [-0.39, 0.29) is 5.69 Å². The Morgan fingerprint density at radius 3 is 2.74 bits per heavy atom. The van der Waals surface area contributed by atoms with E-state index in [4.69, 9.17) is 5.73 Å². The molecule has 1 heterocycles. The van der Waals surface area contributed by atoms with Crippen molar-refractivity contribution in [3.05, 3.63) is 24.3 Å². The molecule has 2 N–H and O–H groups in total. The number of hydrogen-bond acceptors (Lipinski definition) is 5. The fourth-order valence-corrected chi connectivity index (χ4v) is 2.12. The summed E-state index contributed by atoms with van der Waals surface area (Å²) in [5.41, 5.74) is 5.73. The van der Waals surface area contributed by atoms with Gasteiger partial charge in [-0.3, -0.25) is 0 Å². The quantitative estimate of drug-likeness (QED) is 0.875. The summed E-state index contributed by atoms with van der Waals surface area (Å²) < 4.78 is 43.2. The van der Waals surface area contributed by atoms with Crippen LogP contribution in [-0.4, -0.2) is 21.4 Å². The first-order valence-corrected chi connectivity index (χ1v) is 5.84. The summed E-state index contributed by atoms with van der Waals surface area (Å²) in [5, 5.41) is 4.34. The van der Waals surface area contributed by atoms with E-state index >= 15 is 0 Å². The summed E-state index contributed by atoms with van der Waals surface area (Å²) in [5.74, 6) is -1.51. The number of aryl methyl sites for hydroxylation is 1. The molecule has 0 saturated heterocycles. The molecule has 0 aliphatic rings. The molecule has 2 aromatic rings. The lowest BCUT2D eigenvalue weighted by atomic mass is 10.3. The van der Waals surface area contributed by atoms with E-state index in [0.29, 0.717) is 10.1 Å². The van der Waals surface area contributed by atoms with Gasteiger partial charge in [0.15, 0.2) is 16.7 Å². The number of benzene rings is 1. The molecule has 0 saturated carbocycles. The summed E-state index contributed by atoms with van der Waals surface area (Å²) in [6, 6.07) is 2.03. The van der Waals surface area contributed by atoms with E-state index in [1.54, 1.807) is 7.05 Å². The maximum Gasteiger partial charge on any atom is 0.387 e. The maximum absolute atomic E-state index is 13.4. The fraction of sp³-hybridized carbons (Fsp3) is 0.200. The third kappa shape index (κ3) is 3.11. The molecule has 0 atom stereocenters. The number of nitrogens with zero attached hydrogens (tertiary/aromatic N) is 3. The lowest BCUT2D eigenvalue weighted by Gasteiger charge is -2.10. The van der Waals surface area contributed by atoms with Crippen LogP contribution in [0.3, 0.4) is 0 Å². The standard InChI is InChI=1S/C10H9F3N4OS/c1-17-10(15-4-16-17)19-8-3-7(18-9(12)13)5(11)2-6(8)14/h2-4,9H,14H2,1H3. The van der Waals surface area contributed by atoms with Crippen LogP contribution < -0.4 is 10.5 Å². The Morgan fingerprint density at radius 1 is 1.42 bits per heavy atom. The molecular formula is C10H9F3N4OS. The number of rotatable bonds is 4. The second-order valence-corrected chi connectivity index (χ2v) is 4.48. The van der Waals surface area contributed by atoms with Gasteiger partial charge >= 0.3 is 6.61 Å². The topological polar surface area (TPSA) is 66.0 Å². The van der Waals surface area contributed by atoms with Crippen molar-refractivity contribution in [3.63, 3.8) is 0 Å². The van der Waals surface area contributed by atoms with Crippen molar-refractivity contribution in [2.75, 3.05) is 5.73 Å². The minimum absolute atomic E-state index is 0.104. The highest BCUT2D eigenvalue weighted by Crippen LogP contribution is 2.35. The number of nitrogens with two attached hydrogens (primary N) is 1. The van der Waals surface area contributed by atoms with Gasteiger partial charge in [0.1, 0.15) is 6.33 Å². The highest BCUT2D eigenvalue weighted by molar-refractivity contribution is 7.99. The molecule has 0 fully saturated rings. The maximum atomic E-state index is 13.4. The molecule has 1 aromatic carbocycles. The molecule has 0 unspecified atom stereocenters. The van der Waals surface area contributed by atoms with Gasteiger partial charge in [0, 0.05) is 23.7 Å². The van der Waals surface area contributed by atoms with Gasteiger partial charge in [-0.15, -0.1) is 0 Å². The number of aromatic nitrogens is 3. The van der Waals surface area contributed by atoms with Crippen LogP contribution in [0.4, 0.5) is 18.9 Å². The molecule has 5 nitrogen and oxygen atoms in total. The molecule has 0 amide bonds. The fourth-order valence-electron chi connectivity index (χ4n) is 1.30. The van der Waals surface area contributed by atoms with E-state index in [9.17, 15) is 13.2 Å². The first-order chi connectivity index (χ1) is 8.97. The monoisotopic (exact) mass is 290 g/mol. The van der Waals surface area contributed by atoms with Crippen molar-refractivity contribution in [2.24, 2.45) is 7.05 Å². The predicted octanol–water partition coefficient (Wildman–Crippen LogP) is 2.29. The highest BCUT2D eigenvalue weighted by atomic mass is 32.2. The van der Waals surface area contributed by atoms with Crippen molar-refractivity contribution in [3.8, 4) is 5.75 Å². The number of nitrogen functional groups attached to an aromatic ring is 1. The van der Waals surface area contributed by atoms with Gasteiger partial charge < -0.3 is 10.5 Å². The van der Waals surface area contributed by atoms with Gasteiger partial charge in [-0.25, -0.2) is 14.1 Å². The van der Waals surface area contributed by atoms with Gasteiger partial charge in [0.25, 0.3) is 0 Å². The largest absolute Gasteiger partial charge is 0.432 e. The van der Waals surface area contributed by atoms with Gasteiger partial charge in [-0.1, -0.05) is 0 Å². The van der Waals surface area contributed by atoms with Crippen LogP contribution in [0.5, 0.6) is 5.75 Å². The average Bonchev–Trinajstić information content (AvgIpc) is 2.70. The van der Waals surface area contributed by atoms with Gasteiger partial charge in [-0.2, -0.15) is 13.9 Å². The second kappa shape index (κ2) is 5.39. The summed E-state index contributed by atoms with van der Waals surface area (Å²) in [7, 11) is 1.66.